The molecule has 0 amide bonds. The SMILES string of the molecule is O=c1[nH]c2ccccc2cc1CNCC(c1ccco1)N1CCCC1. The number of nitrogens with one attached hydrogen (secondary N) is 2. The van der Waals surface area contributed by atoms with Crippen LogP contribution in [0.15, 0.2) is 57.9 Å². The minimum Gasteiger partial charge on any atom is -0.468 e. The maximum Gasteiger partial charge on any atom is 0.252 e. The van der Waals surface area contributed by atoms with Crippen molar-refractivity contribution in [3.63, 3.8) is 0 Å². The molecule has 1 aliphatic rings. The van der Waals surface area contributed by atoms with Gasteiger partial charge in [0, 0.05) is 24.2 Å². The number of H-pyrrole nitrogens is 1. The lowest BCUT2D eigenvalue weighted by molar-refractivity contribution is 0.209. The minimum absolute atomic E-state index is 0.0260. The molecule has 4 rings (SSSR count). The van der Waals surface area contributed by atoms with Crippen molar-refractivity contribution in [2.24, 2.45) is 0 Å². The largest absolute Gasteiger partial charge is 0.468 e. The molecule has 3 aromatic rings. The zero-order chi connectivity index (χ0) is 17.1. The van der Waals surface area contributed by atoms with Gasteiger partial charge in [0.15, 0.2) is 0 Å². The molecule has 3 heterocycles. The van der Waals surface area contributed by atoms with E-state index in [1.807, 2.05) is 42.5 Å². The number of aromatic nitrogens is 1. The van der Waals surface area contributed by atoms with Crippen LogP contribution in [0.2, 0.25) is 0 Å². The lowest BCUT2D eigenvalue weighted by atomic mass is 10.1. The number of pyridine rings is 1. The standard InChI is InChI=1S/C20H23N3O2/c24-20-16(12-15-6-1-2-7-17(15)22-20)13-21-14-18(19-8-5-11-25-19)23-9-3-4-10-23/h1-2,5-8,11-12,18,21H,3-4,9-10,13-14H2,(H,22,24). The second kappa shape index (κ2) is 7.25. The van der Waals surface area contributed by atoms with Crippen LogP contribution in [0.25, 0.3) is 10.9 Å². The van der Waals surface area contributed by atoms with E-state index >= 15 is 0 Å². The number of nitrogens with zero attached hydrogens (tertiary/aromatic N) is 1. The number of hydrogen-bond acceptors (Lipinski definition) is 4. The number of furan rings is 1. The maximum atomic E-state index is 12.3. The summed E-state index contributed by atoms with van der Waals surface area (Å²) in [6.45, 7) is 3.51. The highest BCUT2D eigenvalue weighted by Crippen LogP contribution is 2.25. The van der Waals surface area contributed by atoms with Gasteiger partial charge in [0.1, 0.15) is 5.76 Å². The van der Waals surface area contributed by atoms with Crippen LogP contribution in [-0.2, 0) is 6.54 Å². The van der Waals surface area contributed by atoms with Crippen molar-refractivity contribution < 1.29 is 4.42 Å². The predicted molar refractivity (Wildman–Crippen MR) is 98.5 cm³/mol. The third-order valence-corrected chi connectivity index (χ3v) is 4.94. The number of fused-ring (bicyclic) bond motifs is 1. The average Bonchev–Trinajstić information content (AvgIpc) is 3.33. The molecule has 130 valence electrons. The van der Waals surface area contributed by atoms with Gasteiger partial charge in [0.05, 0.1) is 12.3 Å². The van der Waals surface area contributed by atoms with Crippen LogP contribution in [0.5, 0.6) is 0 Å². The van der Waals surface area contributed by atoms with Gasteiger partial charge in [-0.25, -0.2) is 0 Å². The number of rotatable bonds is 6. The zero-order valence-electron chi connectivity index (χ0n) is 14.2. The third kappa shape index (κ3) is 3.52. The molecule has 1 saturated heterocycles. The van der Waals surface area contributed by atoms with Crippen LogP contribution < -0.4 is 10.9 Å². The highest BCUT2D eigenvalue weighted by molar-refractivity contribution is 5.78. The van der Waals surface area contributed by atoms with Gasteiger partial charge in [-0.2, -0.15) is 0 Å². The molecular weight excluding hydrogens is 314 g/mol. The molecule has 0 radical (unpaired) electrons. The van der Waals surface area contributed by atoms with Crippen LogP contribution in [-0.4, -0.2) is 29.5 Å². The first-order chi connectivity index (χ1) is 12.3. The van der Waals surface area contributed by atoms with E-state index in [0.29, 0.717) is 6.54 Å². The molecule has 0 bridgehead atoms. The van der Waals surface area contributed by atoms with Crippen molar-refractivity contribution in [1.82, 2.24) is 15.2 Å². The second-order valence-corrected chi connectivity index (χ2v) is 6.62. The molecule has 1 fully saturated rings. The fourth-order valence-corrected chi connectivity index (χ4v) is 3.61. The Kier molecular flexibility index (Phi) is 4.68. The molecule has 25 heavy (non-hydrogen) atoms. The van der Waals surface area contributed by atoms with Crippen molar-refractivity contribution >= 4 is 10.9 Å². The molecule has 1 atom stereocenters. The maximum absolute atomic E-state index is 12.3. The summed E-state index contributed by atoms with van der Waals surface area (Å²) in [4.78, 5) is 17.7. The first kappa shape index (κ1) is 16.1. The van der Waals surface area contributed by atoms with Crippen molar-refractivity contribution in [1.29, 1.82) is 0 Å². The molecule has 2 N–H and O–H groups in total. The fraction of sp³-hybridized carbons (Fsp3) is 0.350. The smallest absolute Gasteiger partial charge is 0.252 e. The van der Waals surface area contributed by atoms with Gasteiger partial charge in [0.25, 0.3) is 5.56 Å². The summed E-state index contributed by atoms with van der Waals surface area (Å²) < 4.78 is 5.64. The first-order valence-corrected chi connectivity index (χ1v) is 8.90. The van der Waals surface area contributed by atoms with Gasteiger partial charge in [0.2, 0.25) is 0 Å². The van der Waals surface area contributed by atoms with Crippen LogP contribution >= 0.6 is 0 Å². The second-order valence-electron chi connectivity index (χ2n) is 6.62. The summed E-state index contributed by atoms with van der Waals surface area (Å²) in [5.41, 5.74) is 1.61. The minimum atomic E-state index is -0.0260. The van der Waals surface area contributed by atoms with Crippen molar-refractivity contribution in [2.75, 3.05) is 19.6 Å². The van der Waals surface area contributed by atoms with E-state index in [1.165, 1.54) is 12.8 Å². The summed E-state index contributed by atoms with van der Waals surface area (Å²) in [7, 11) is 0. The Hall–Kier alpha value is -2.37. The summed E-state index contributed by atoms with van der Waals surface area (Å²) in [5, 5.41) is 4.51. The summed E-state index contributed by atoms with van der Waals surface area (Å²) in [6.07, 6.45) is 4.20. The lowest BCUT2D eigenvalue weighted by Gasteiger charge is -2.26. The summed E-state index contributed by atoms with van der Waals surface area (Å²) >= 11 is 0. The molecule has 1 aromatic carbocycles. The van der Waals surface area contributed by atoms with Gasteiger partial charge < -0.3 is 14.7 Å². The van der Waals surface area contributed by atoms with Crippen LogP contribution in [0.4, 0.5) is 0 Å². The Morgan fingerprint density at radius 1 is 1.16 bits per heavy atom. The van der Waals surface area contributed by atoms with Gasteiger partial charge in [-0.1, -0.05) is 18.2 Å². The average molecular weight is 337 g/mol. The molecule has 1 unspecified atom stereocenters. The van der Waals surface area contributed by atoms with Gasteiger partial charge in [-0.15, -0.1) is 0 Å². The van der Waals surface area contributed by atoms with E-state index in [1.54, 1.807) is 6.26 Å². The molecule has 2 aromatic heterocycles. The number of para-hydroxylation sites is 1. The molecule has 1 aliphatic heterocycles. The normalized spacial score (nSPS) is 16.5. The topological polar surface area (TPSA) is 61.3 Å². The van der Waals surface area contributed by atoms with Crippen LogP contribution in [0, 0.1) is 0 Å². The van der Waals surface area contributed by atoms with Gasteiger partial charge in [-0.05, 0) is 55.6 Å². The van der Waals surface area contributed by atoms with Crippen molar-refractivity contribution in [2.45, 2.75) is 25.4 Å². The zero-order valence-corrected chi connectivity index (χ0v) is 14.2. The number of hydrogen-bond donors (Lipinski definition) is 2. The summed E-state index contributed by atoms with van der Waals surface area (Å²) in [5.74, 6) is 0.988. The molecule has 5 heteroatoms. The van der Waals surface area contributed by atoms with E-state index in [0.717, 1.165) is 41.9 Å². The lowest BCUT2D eigenvalue weighted by Crippen LogP contribution is -2.34. The van der Waals surface area contributed by atoms with Crippen molar-refractivity contribution in [3.8, 4) is 0 Å². The number of benzene rings is 1. The van der Waals surface area contributed by atoms with E-state index < -0.39 is 0 Å². The third-order valence-electron chi connectivity index (χ3n) is 4.94. The quantitative estimate of drug-likeness (QED) is 0.726. The molecule has 0 spiro atoms. The van der Waals surface area contributed by atoms with Crippen LogP contribution in [0.1, 0.15) is 30.2 Å². The Morgan fingerprint density at radius 3 is 2.80 bits per heavy atom. The van der Waals surface area contributed by atoms with Crippen molar-refractivity contribution in [3.05, 3.63) is 70.4 Å². The van der Waals surface area contributed by atoms with Gasteiger partial charge >= 0.3 is 0 Å². The van der Waals surface area contributed by atoms with E-state index in [4.69, 9.17) is 4.42 Å². The predicted octanol–water partition coefficient (Wildman–Crippen LogP) is 3.05. The Labute approximate surface area is 146 Å². The number of likely N-dealkylation sites (tertiary alicyclic amines) is 1. The monoisotopic (exact) mass is 337 g/mol. The molecule has 0 aliphatic carbocycles. The molecule has 5 nitrogen and oxygen atoms in total. The number of aromatic amines is 1. The van der Waals surface area contributed by atoms with Gasteiger partial charge in [-0.3, -0.25) is 9.69 Å². The van der Waals surface area contributed by atoms with E-state index in [-0.39, 0.29) is 11.6 Å². The molecular formula is C20H23N3O2. The Bertz CT molecular complexity index is 879. The fourth-order valence-electron chi connectivity index (χ4n) is 3.61. The van der Waals surface area contributed by atoms with Crippen LogP contribution in [0.3, 0.4) is 0 Å². The Balaban J connectivity index is 1.47. The van der Waals surface area contributed by atoms with E-state index in [2.05, 4.69) is 15.2 Å². The highest BCUT2D eigenvalue weighted by atomic mass is 16.3. The highest BCUT2D eigenvalue weighted by Gasteiger charge is 2.25. The molecule has 0 saturated carbocycles. The summed E-state index contributed by atoms with van der Waals surface area (Å²) in [6, 6.07) is 14.0. The first-order valence-electron chi connectivity index (χ1n) is 8.90. The van der Waals surface area contributed by atoms with E-state index in [9.17, 15) is 4.79 Å². The Morgan fingerprint density at radius 2 is 2.00 bits per heavy atom.